The number of fused-ring (bicyclic) bond motifs is 2. The Hall–Kier alpha value is -2.64. The van der Waals surface area contributed by atoms with Crippen molar-refractivity contribution in [3.63, 3.8) is 0 Å². The summed E-state index contributed by atoms with van der Waals surface area (Å²) in [6.45, 7) is 11.9. The number of likely N-dealkylation sites (N-methyl/N-ethyl adjacent to an activating group) is 1. The lowest BCUT2D eigenvalue weighted by Gasteiger charge is -2.25. The molecule has 4 rings (SSSR count). The number of anilines is 1. The summed E-state index contributed by atoms with van der Waals surface area (Å²) in [5.74, 6) is 1.41. The Balaban J connectivity index is 1.69. The number of ether oxygens (including phenoxy) is 2. The molecule has 3 aromatic rings. The lowest BCUT2D eigenvalue weighted by atomic mass is 10.1. The van der Waals surface area contributed by atoms with Crippen molar-refractivity contribution in [3.8, 4) is 11.5 Å². The topological polar surface area (TPSA) is 54.9 Å². The molecule has 0 unspecified atom stereocenters. The molecule has 0 aliphatic carbocycles. The van der Waals surface area contributed by atoms with Crippen LogP contribution in [-0.4, -0.2) is 48.8 Å². The zero-order valence-corrected chi connectivity index (χ0v) is 18.7. The molecule has 0 spiro atoms. The monoisotopic (exact) mass is 425 g/mol. The van der Waals surface area contributed by atoms with E-state index in [-0.39, 0.29) is 12.7 Å². The average Bonchev–Trinajstić information content (AvgIpc) is 3.36. The SMILES string of the molecule is CCN(CC)CCN(C(=O)c1ccc(C)c(C)c1)c1nc2cc3c(cc2s1)OCO3. The van der Waals surface area contributed by atoms with Gasteiger partial charge in [0.2, 0.25) is 6.79 Å². The summed E-state index contributed by atoms with van der Waals surface area (Å²) < 4.78 is 12.0. The fourth-order valence-corrected chi connectivity index (χ4v) is 4.52. The van der Waals surface area contributed by atoms with Crippen LogP contribution in [0.1, 0.15) is 35.3 Å². The minimum absolute atomic E-state index is 0.0237. The van der Waals surface area contributed by atoms with E-state index in [1.54, 1.807) is 4.90 Å². The molecule has 0 atom stereocenters. The third-order valence-corrected chi connectivity index (χ3v) is 6.68. The van der Waals surface area contributed by atoms with Crippen LogP contribution in [0.15, 0.2) is 30.3 Å². The molecule has 1 aliphatic heterocycles. The van der Waals surface area contributed by atoms with Crippen LogP contribution in [0.4, 0.5) is 5.13 Å². The Morgan fingerprint density at radius 3 is 2.47 bits per heavy atom. The van der Waals surface area contributed by atoms with Crippen molar-refractivity contribution in [2.24, 2.45) is 0 Å². The zero-order valence-electron chi connectivity index (χ0n) is 17.9. The van der Waals surface area contributed by atoms with E-state index < -0.39 is 0 Å². The number of aromatic nitrogens is 1. The Kier molecular flexibility index (Phi) is 5.92. The second kappa shape index (κ2) is 8.62. The van der Waals surface area contributed by atoms with Crippen molar-refractivity contribution in [2.45, 2.75) is 27.7 Å². The molecule has 1 aromatic heterocycles. The van der Waals surface area contributed by atoms with E-state index >= 15 is 0 Å². The largest absolute Gasteiger partial charge is 0.454 e. The molecule has 0 N–H and O–H groups in total. The molecule has 0 saturated carbocycles. The van der Waals surface area contributed by atoms with Crippen LogP contribution in [0.5, 0.6) is 11.5 Å². The maximum Gasteiger partial charge on any atom is 0.260 e. The Morgan fingerprint density at radius 1 is 1.03 bits per heavy atom. The van der Waals surface area contributed by atoms with E-state index in [9.17, 15) is 4.79 Å². The summed E-state index contributed by atoms with van der Waals surface area (Å²) >= 11 is 1.51. The van der Waals surface area contributed by atoms with Gasteiger partial charge in [-0.05, 0) is 50.2 Å². The Morgan fingerprint density at radius 2 is 1.77 bits per heavy atom. The van der Waals surface area contributed by atoms with Crippen LogP contribution in [-0.2, 0) is 0 Å². The third kappa shape index (κ3) is 4.00. The lowest BCUT2D eigenvalue weighted by Crippen LogP contribution is -2.38. The van der Waals surface area contributed by atoms with Gasteiger partial charge >= 0.3 is 0 Å². The van der Waals surface area contributed by atoms with Crippen molar-refractivity contribution in [1.82, 2.24) is 9.88 Å². The second-order valence-electron chi connectivity index (χ2n) is 7.45. The predicted octanol–water partition coefficient (Wildman–Crippen LogP) is 4.63. The van der Waals surface area contributed by atoms with Crippen molar-refractivity contribution in [2.75, 3.05) is 37.9 Å². The number of aryl methyl sites for hydroxylation is 2. The van der Waals surface area contributed by atoms with E-state index in [2.05, 4.69) is 25.7 Å². The molecule has 30 heavy (non-hydrogen) atoms. The summed E-state index contributed by atoms with van der Waals surface area (Å²) in [5.41, 5.74) is 3.79. The van der Waals surface area contributed by atoms with Crippen LogP contribution >= 0.6 is 11.3 Å². The van der Waals surface area contributed by atoms with Gasteiger partial charge in [-0.1, -0.05) is 31.3 Å². The normalized spacial score (nSPS) is 12.7. The fourth-order valence-electron chi connectivity index (χ4n) is 3.52. The molecule has 158 valence electrons. The summed E-state index contributed by atoms with van der Waals surface area (Å²) in [6.07, 6.45) is 0. The smallest absolute Gasteiger partial charge is 0.260 e. The minimum Gasteiger partial charge on any atom is -0.454 e. The Bertz CT molecular complexity index is 1030. The van der Waals surface area contributed by atoms with Crippen LogP contribution in [0.2, 0.25) is 0 Å². The first kappa shape index (κ1) is 20.6. The highest BCUT2D eigenvalue weighted by Gasteiger charge is 2.24. The van der Waals surface area contributed by atoms with Gasteiger partial charge in [-0.15, -0.1) is 0 Å². The molecule has 6 nitrogen and oxygen atoms in total. The number of rotatable bonds is 7. The van der Waals surface area contributed by atoms with Crippen LogP contribution in [0, 0.1) is 13.8 Å². The van der Waals surface area contributed by atoms with Gasteiger partial charge in [0.25, 0.3) is 5.91 Å². The van der Waals surface area contributed by atoms with E-state index in [4.69, 9.17) is 14.5 Å². The molecule has 1 amide bonds. The van der Waals surface area contributed by atoms with Crippen molar-refractivity contribution < 1.29 is 14.3 Å². The maximum absolute atomic E-state index is 13.5. The quantitative estimate of drug-likeness (QED) is 0.552. The second-order valence-corrected chi connectivity index (χ2v) is 8.46. The lowest BCUT2D eigenvalue weighted by molar-refractivity contribution is 0.0983. The number of thiazole rings is 1. The van der Waals surface area contributed by atoms with Crippen molar-refractivity contribution in [1.29, 1.82) is 0 Å². The van der Waals surface area contributed by atoms with Gasteiger partial charge in [0.1, 0.15) is 0 Å². The molecule has 1 aliphatic rings. The minimum atomic E-state index is -0.0237. The van der Waals surface area contributed by atoms with Gasteiger partial charge in [0, 0.05) is 30.8 Å². The van der Waals surface area contributed by atoms with Gasteiger partial charge in [0.15, 0.2) is 16.6 Å². The molecular formula is C23H27N3O3S. The highest BCUT2D eigenvalue weighted by molar-refractivity contribution is 7.22. The number of amides is 1. The third-order valence-electron chi connectivity index (χ3n) is 5.64. The molecule has 2 heterocycles. The summed E-state index contributed by atoms with van der Waals surface area (Å²) in [5, 5.41) is 0.698. The van der Waals surface area contributed by atoms with Crippen LogP contribution in [0.3, 0.4) is 0 Å². The predicted molar refractivity (Wildman–Crippen MR) is 121 cm³/mol. The molecule has 2 aromatic carbocycles. The number of hydrogen-bond acceptors (Lipinski definition) is 6. The van der Waals surface area contributed by atoms with Gasteiger partial charge in [0.05, 0.1) is 10.2 Å². The molecule has 0 fully saturated rings. The number of hydrogen-bond donors (Lipinski definition) is 0. The first-order valence-electron chi connectivity index (χ1n) is 10.3. The van der Waals surface area contributed by atoms with Crippen molar-refractivity contribution >= 4 is 32.6 Å². The highest BCUT2D eigenvalue weighted by atomic mass is 32.1. The first-order valence-corrected chi connectivity index (χ1v) is 11.1. The van der Waals surface area contributed by atoms with Gasteiger partial charge in [-0.3, -0.25) is 9.69 Å². The standard InChI is InChI=1S/C23H27N3O3S/c1-5-25(6-2)9-10-26(22(27)17-8-7-15(3)16(4)11-17)23-24-18-12-19-20(29-14-28-19)13-21(18)30-23/h7-8,11-13H,5-6,9-10,14H2,1-4H3. The highest BCUT2D eigenvalue weighted by Crippen LogP contribution is 2.40. The van der Waals surface area contributed by atoms with E-state index in [0.717, 1.165) is 41.2 Å². The van der Waals surface area contributed by atoms with Crippen molar-refractivity contribution in [3.05, 3.63) is 47.0 Å². The average molecular weight is 426 g/mol. The van der Waals surface area contributed by atoms with E-state index in [0.29, 0.717) is 23.0 Å². The molecule has 7 heteroatoms. The maximum atomic E-state index is 13.5. The number of carbonyl (C=O) groups excluding carboxylic acids is 1. The number of nitrogens with zero attached hydrogens (tertiary/aromatic N) is 3. The van der Waals surface area contributed by atoms with E-state index in [1.165, 1.54) is 16.9 Å². The van der Waals surface area contributed by atoms with Gasteiger partial charge in [-0.2, -0.15) is 0 Å². The van der Waals surface area contributed by atoms with Gasteiger partial charge in [-0.25, -0.2) is 4.98 Å². The van der Waals surface area contributed by atoms with Crippen LogP contribution < -0.4 is 14.4 Å². The van der Waals surface area contributed by atoms with Gasteiger partial charge < -0.3 is 14.4 Å². The Labute approximate surface area is 181 Å². The molecule has 0 radical (unpaired) electrons. The number of benzene rings is 2. The summed E-state index contributed by atoms with van der Waals surface area (Å²) in [6, 6.07) is 9.70. The number of carbonyl (C=O) groups is 1. The molecular weight excluding hydrogens is 398 g/mol. The first-order chi connectivity index (χ1) is 14.5. The fraction of sp³-hybridized carbons (Fsp3) is 0.391. The molecule has 0 saturated heterocycles. The zero-order chi connectivity index (χ0) is 21.3. The summed E-state index contributed by atoms with van der Waals surface area (Å²) in [7, 11) is 0. The van der Waals surface area contributed by atoms with E-state index in [1.807, 2.05) is 37.3 Å². The molecule has 0 bridgehead atoms. The summed E-state index contributed by atoms with van der Waals surface area (Å²) in [4.78, 5) is 22.4. The van der Waals surface area contributed by atoms with Crippen LogP contribution in [0.25, 0.3) is 10.2 Å².